The van der Waals surface area contributed by atoms with Crippen LogP contribution in [0.2, 0.25) is 0 Å². The lowest BCUT2D eigenvalue weighted by Crippen LogP contribution is -2.38. The largest absolute Gasteiger partial charge is 0.486 e. The molecule has 0 unspecified atom stereocenters. The third-order valence-corrected chi connectivity index (χ3v) is 5.76. The molecule has 15 heteroatoms. The molecule has 2 aromatic rings. The molecule has 15 nitrogen and oxygen atoms in total. The number of hydrogen-bond donors (Lipinski definition) is 5. The van der Waals surface area contributed by atoms with Crippen LogP contribution in [0.3, 0.4) is 0 Å². The molecule has 1 aliphatic rings. The Morgan fingerprint density at radius 2 is 1.70 bits per heavy atom. The van der Waals surface area contributed by atoms with Crippen LogP contribution in [-0.2, 0) is 14.3 Å². The van der Waals surface area contributed by atoms with Crippen molar-refractivity contribution >= 4 is 47.0 Å². The van der Waals surface area contributed by atoms with Crippen LogP contribution < -0.4 is 4.90 Å². The van der Waals surface area contributed by atoms with E-state index in [1.54, 1.807) is 17.9 Å². The molecule has 44 heavy (non-hydrogen) atoms. The van der Waals surface area contributed by atoms with Gasteiger partial charge in [-0.05, 0) is 75.1 Å². The number of benzene rings is 1. The molecule has 0 aliphatic carbocycles. The summed E-state index contributed by atoms with van der Waals surface area (Å²) in [6, 6.07) is 5.49. The number of methoxy groups -OCH3 is 1. The molecule has 228 valence electrons. The first-order valence-electron chi connectivity index (χ1n) is 12.8. The Morgan fingerprint density at radius 3 is 2.30 bits per heavy atom. The lowest BCUT2D eigenvalue weighted by molar-refractivity contribution is -0.275. The minimum absolute atomic E-state index is 0.0597. The molecular formula is C29H28N6O9. The number of nitrogens with zero attached hydrogens (tertiary/aromatic N) is 6. The molecule has 0 spiro atoms. The normalized spacial score (nSPS) is 13.1. The van der Waals surface area contributed by atoms with Gasteiger partial charge in [0.15, 0.2) is 23.8 Å². The number of esters is 1. The van der Waals surface area contributed by atoms with Crippen molar-refractivity contribution in [1.29, 1.82) is 0 Å². The Kier molecular flexibility index (Phi) is 10.4. The molecule has 5 N–H and O–H groups in total. The van der Waals surface area contributed by atoms with Gasteiger partial charge in [-0.1, -0.05) is 0 Å². The fourth-order valence-electron chi connectivity index (χ4n) is 3.83. The maximum atomic E-state index is 13.2. The van der Waals surface area contributed by atoms with Crippen LogP contribution in [0.1, 0.15) is 35.5 Å². The second-order valence-corrected chi connectivity index (χ2v) is 8.89. The Balaban J connectivity index is 2.06. The Hall–Kier alpha value is -5.34. The lowest BCUT2D eigenvalue weighted by Gasteiger charge is -2.21. The van der Waals surface area contributed by atoms with Gasteiger partial charge < -0.3 is 39.9 Å². The first-order chi connectivity index (χ1) is 20.7. The number of carbonyl (C=O) groups is 2. The maximum absolute atomic E-state index is 13.2. The average Bonchev–Trinajstić information content (AvgIpc) is 3.45. The van der Waals surface area contributed by atoms with Gasteiger partial charge in [-0.25, -0.2) is 14.8 Å². The third-order valence-electron chi connectivity index (χ3n) is 5.76. The van der Waals surface area contributed by atoms with Gasteiger partial charge in [0.2, 0.25) is 0 Å². The molecule has 1 aromatic carbocycles. The number of carbonyl (C=O) groups excluding carboxylic acids is 2. The minimum Gasteiger partial charge on any atom is -0.486 e. The number of anilines is 1. The highest BCUT2D eigenvalue weighted by Gasteiger charge is 2.38. The van der Waals surface area contributed by atoms with Crippen molar-refractivity contribution < 1.29 is 44.6 Å². The number of ether oxygens (including phenoxy) is 2. The second-order valence-electron chi connectivity index (χ2n) is 8.89. The van der Waals surface area contributed by atoms with Gasteiger partial charge in [-0.2, -0.15) is 14.8 Å². The van der Waals surface area contributed by atoms with E-state index in [0.29, 0.717) is 5.69 Å². The highest BCUT2D eigenvalue weighted by atomic mass is 16.8. The summed E-state index contributed by atoms with van der Waals surface area (Å²) in [5.41, 5.74) is 1.76. The van der Waals surface area contributed by atoms with Crippen LogP contribution >= 0.6 is 0 Å². The van der Waals surface area contributed by atoms with E-state index in [2.05, 4.69) is 25.0 Å². The third kappa shape index (κ3) is 8.14. The van der Waals surface area contributed by atoms with Gasteiger partial charge in [0, 0.05) is 30.6 Å². The van der Waals surface area contributed by atoms with Crippen LogP contribution in [0.4, 0.5) is 17.2 Å². The topological polar surface area (TPSA) is 212 Å². The number of hydrogen-bond acceptors (Lipinski definition) is 13. The zero-order valence-corrected chi connectivity index (χ0v) is 24.3. The van der Waals surface area contributed by atoms with Crippen LogP contribution in [-0.4, -0.2) is 97.3 Å². The van der Waals surface area contributed by atoms with E-state index in [1.807, 2.05) is 56.6 Å². The number of aromatic nitrogens is 2. The van der Waals surface area contributed by atoms with E-state index in [-0.39, 0.29) is 22.9 Å². The summed E-state index contributed by atoms with van der Waals surface area (Å²) in [5, 5.41) is 50.6. The number of aryl methyl sites for hydroxylation is 2. The molecule has 0 atom stereocenters. The average molecular weight is 605 g/mol. The van der Waals surface area contributed by atoms with E-state index in [1.165, 1.54) is 14.0 Å². The van der Waals surface area contributed by atoms with Crippen molar-refractivity contribution in [3.63, 3.8) is 0 Å². The molecule has 0 fully saturated rings. The molecule has 1 amide bonds. The second kappa shape index (κ2) is 13.8. The lowest BCUT2D eigenvalue weighted by atomic mass is 10.1. The molecular weight excluding hydrogens is 576 g/mol. The first kappa shape index (κ1) is 33.2. The van der Waals surface area contributed by atoms with Crippen LogP contribution in [0.5, 0.6) is 0 Å². The minimum atomic E-state index is -3.37. The summed E-state index contributed by atoms with van der Waals surface area (Å²) in [4.78, 5) is 40.5. The van der Waals surface area contributed by atoms with Crippen molar-refractivity contribution in [2.75, 3.05) is 25.1 Å². The fourth-order valence-corrected chi connectivity index (χ4v) is 3.83. The van der Waals surface area contributed by atoms with Gasteiger partial charge in [-0.15, -0.1) is 0 Å². The van der Waals surface area contributed by atoms with Crippen molar-refractivity contribution in [3.8, 4) is 35.5 Å². The van der Waals surface area contributed by atoms with E-state index in [0.717, 1.165) is 35.4 Å². The van der Waals surface area contributed by atoms with Gasteiger partial charge in [0.05, 0.1) is 18.5 Å². The first-order valence-corrected chi connectivity index (χ1v) is 12.8. The molecule has 1 aromatic heterocycles. The van der Waals surface area contributed by atoms with Crippen LogP contribution in [0.15, 0.2) is 33.2 Å². The summed E-state index contributed by atoms with van der Waals surface area (Å²) in [7, 11) is 1.30. The van der Waals surface area contributed by atoms with Gasteiger partial charge in [0.25, 0.3) is 5.91 Å². The predicted molar refractivity (Wildman–Crippen MR) is 157 cm³/mol. The van der Waals surface area contributed by atoms with Crippen molar-refractivity contribution in [2.45, 2.75) is 39.6 Å². The Morgan fingerprint density at radius 1 is 1.05 bits per heavy atom. The molecule has 2 heterocycles. The van der Waals surface area contributed by atoms with E-state index < -0.39 is 29.5 Å². The number of aliphatic hydroxyl groups is 5. The number of rotatable bonds is 8. The molecule has 0 radical (unpaired) electrons. The highest BCUT2D eigenvalue weighted by Crippen LogP contribution is 2.32. The maximum Gasteiger partial charge on any atom is 0.396 e. The summed E-state index contributed by atoms with van der Waals surface area (Å²) >= 11 is 0. The molecule has 0 bridgehead atoms. The van der Waals surface area contributed by atoms with Crippen molar-refractivity contribution in [2.24, 2.45) is 15.0 Å². The van der Waals surface area contributed by atoms with Gasteiger partial charge >= 0.3 is 17.9 Å². The Labute approximate surface area is 251 Å². The number of fused-ring (bicyclic) bond motifs is 1. The van der Waals surface area contributed by atoms with E-state index in [9.17, 15) is 19.8 Å². The summed E-state index contributed by atoms with van der Waals surface area (Å²) < 4.78 is 10.6. The molecule has 3 rings (SSSR count). The van der Waals surface area contributed by atoms with Crippen molar-refractivity contribution in [1.82, 2.24) is 9.78 Å². The summed E-state index contributed by atoms with van der Waals surface area (Å²) in [5.74, 6) is 2.06. The Bertz CT molecular complexity index is 1740. The monoisotopic (exact) mass is 604 g/mol. The zero-order valence-electron chi connectivity index (χ0n) is 24.3. The summed E-state index contributed by atoms with van der Waals surface area (Å²) in [6.45, 7) is 8.97. The van der Waals surface area contributed by atoms with Crippen LogP contribution in [0.25, 0.3) is 0 Å². The van der Waals surface area contributed by atoms with E-state index in [4.69, 9.17) is 24.8 Å². The highest BCUT2D eigenvalue weighted by molar-refractivity contribution is 6.67. The van der Waals surface area contributed by atoms with Crippen molar-refractivity contribution in [3.05, 3.63) is 35.0 Å². The quantitative estimate of drug-likeness (QED) is 0.0864. The molecule has 0 saturated heterocycles. The number of amides is 1. The zero-order chi connectivity index (χ0) is 32.7. The number of aliphatic imine (C=N–C) groups is 3. The fraction of sp³-hybridized carbons (Fsp3) is 0.310. The SMILES string of the molecule is CCN(CC)c1ccc(N=C2C(C(=O)OC(O)(O)C#CC#CC#CC(O)(O)O)=Nc3c(C(=O)N=COC)c(C)nn32)c(C)c1. The van der Waals surface area contributed by atoms with Crippen LogP contribution in [0, 0.1) is 49.4 Å². The summed E-state index contributed by atoms with van der Waals surface area (Å²) in [6.07, 6.45) is 0.919. The predicted octanol–water partition coefficient (Wildman–Crippen LogP) is -0.352. The molecule has 0 saturated carbocycles. The van der Waals surface area contributed by atoms with E-state index >= 15 is 0 Å². The smallest absolute Gasteiger partial charge is 0.396 e. The van der Waals surface area contributed by atoms with Gasteiger partial charge in [-0.3, -0.25) is 4.79 Å². The standard InChI is InChI=1S/C29H28N6O9/c1-6-34(7-2)20-12-13-21(18(3)16-20)31-25-23(32-24-22(19(4)33-35(24)25)26(36)30-17-43-5)27(37)44-29(41,42)15-11-9-8-10-14-28(38,39)40/h12-13,16-17,38-42H,6-7H2,1-5H3. The molecule has 1 aliphatic heterocycles. The van der Waals surface area contributed by atoms with Gasteiger partial charge in [0.1, 0.15) is 5.56 Å².